The molecule has 1 rings (SSSR count). The summed E-state index contributed by atoms with van der Waals surface area (Å²) in [5, 5.41) is 0. The van der Waals surface area contributed by atoms with Crippen molar-refractivity contribution in [2.45, 2.75) is 63.0 Å². The normalized spacial score (nSPS) is 34.8. The van der Waals surface area contributed by atoms with Crippen LogP contribution < -0.4 is 0 Å². The van der Waals surface area contributed by atoms with Gasteiger partial charge in [-0.2, -0.15) is 11.1 Å². The van der Waals surface area contributed by atoms with Gasteiger partial charge in [-0.05, 0) is 18.1 Å². The lowest BCUT2D eigenvalue weighted by molar-refractivity contribution is 0.986. The Morgan fingerprint density at radius 2 is 1.77 bits per heavy atom. The Bertz CT molecular complexity index is 142. The molecule has 0 N–H and O–H groups in total. The van der Waals surface area contributed by atoms with Crippen molar-refractivity contribution in [3.8, 4) is 0 Å². The number of halogens is 1. The van der Waals surface area contributed by atoms with Crippen molar-refractivity contribution in [1.82, 2.24) is 0 Å². The van der Waals surface area contributed by atoms with Crippen LogP contribution in [0.15, 0.2) is 0 Å². The molecule has 0 amide bonds. The highest BCUT2D eigenvalue weighted by Crippen LogP contribution is 2.37. The topological polar surface area (TPSA) is 0 Å². The Labute approximate surface area is 90.4 Å². The smallest absolute Gasteiger partial charge is 0.155 e. The summed E-state index contributed by atoms with van der Waals surface area (Å²) in [6.45, 7) is 4.62. The lowest BCUT2D eigenvalue weighted by Crippen LogP contribution is -2.34. The molecule has 0 aromatic heterocycles. The van der Waals surface area contributed by atoms with E-state index in [1.165, 1.54) is 31.0 Å². The van der Waals surface area contributed by atoms with Crippen molar-refractivity contribution < 1.29 is 0 Å². The SMILES string of the molecule is CCC[SiH]1CC[Si](Cl)(CCC)CC1. The van der Waals surface area contributed by atoms with Gasteiger partial charge in [0.1, 0.15) is 0 Å². The third-order valence-corrected chi connectivity index (χ3v) is 13.6. The molecule has 0 aromatic rings. The molecular formula is C10H23ClSi2. The quantitative estimate of drug-likeness (QED) is 0.505. The Hall–Kier alpha value is 0.724. The molecule has 0 radical (unpaired) electrons. The fourth-order valence-corrected chi connectivity index (χ4v) is 15.9. The van der Waals surface area contributed by atoms with Crippen LogP contribution in [0.4, 0.5) is 0 Å². The molecule has 3 heteroatoms. The van der Waals surface area contributed by atoms with Crippen molar-refractivity contribution in [1.29, 1.82) is 0 Å². The molecule has 0 aromatic carbocycles. The highest BCUT2D eigenvalue weighted by Gasteiger charge is 2.34. The van der Waals surface area contributed by atoms with Crippen LogP contribution in [0.3, 0.4) is 0 Å². The van der Waals surface area contributed by atoms with E-state index in [1.807, 2.05) is 0 Å². The van der Waals surface area contributed by atoms with Crippen molar-refractivity contribution in [3.05, 3.63) is 0 Å². The number of hydrogen-bond donors (Lipinski definition) is 0. The van der Waals surface area contributed by atoms with Gasteiger partial charge in [-0.25, -0.2) is 0 Å². The minimum atomic E-state index is -1.20. The second-order valence-corrected chi connectivity index (χ2v) is 14.3. The van der Waals surface area contributed by atoms with E-state index in [-0.39, 0.29) is 8.80 Å². The highest BCUT2D eigenvalue weighted by molar-refractivity contribution is 7.21. The lowest BCUT2D eigenvalue weighted by Gasteiger charge is -2.32. The molecule has 1 aliphatic heterocycles. The molecule has 0 bridgehead atoms. The molecule has 1 heterocycles. The van der Waals surface area contributed by atoms with Crippen LogP contribution in [0, 0.1) is 0 Å². The zero-order valence-corrected chi connectivity index (χ0v) is 12.0. The predicted molar refractivity (Wildman–Crippen MR) is 68.2 cm³/mol. The minimum absolute atomic E-state index is 0.283. The fourth-order valence-electron chi connectivity index (χ4n) is 2.59. The third kappa shape index (κ3) is 3.76. The fraction of sp³-hybridized carbons (Fsp3) is 1.00. The van der Waals surface area contributed by atoms with E-state index in [2.05, 4.69) is 13.8 Å². The van der Waals surface area contributed by atoms with Gasteiger partial charge < -0.3 is 0 Å². The van der Waals surface area contributed by atoms with Gasteiger partial charge in [-0.15, -0.1) is 0 Å². The minimum Gasteiger partial charge on any atom is -0.167 e. The van der Waals surface area contributed by atoms with E-state index in [1.54, 1.807) is 18.1 Å². The van der Waals surface area contributed by atoms with E-state index >= 15 is 0 Å². The second-order valence-electron chi connectivity index (χ2n) is 4.63. The second kappa shape index (κ2) is 5.57. The Morgan fingerprint density at radius 3 is 2.23 bits per heavy atom. The van der Waals surface area contributed by atoms with E-state index in [4.69, 9.17) is 11.1 Å². The van der Waals surface area contributed by atoms with Crippen LogP contribution in [0.1, 0.15) is 26.7 Å². The van der Waals surface area contributed by atoms with E-state index in [0.717, 1.165) is 0 Å². The summed E-state index contributed by atoms with van der Waals surface area (Å²) in [5.74, 6) is 0. The summed E-state index contributed by atoms with van der Waals surface area (Å²) in [4.78, 5) is 0. The summed E-state index contributed by atoms with van der Waals surface area (Å²) in [6.07, 6.45) is 2.73. The van der Waals surface area contributed by atoms with E-state index in [9.17, 15) is 0 Å². The van der Waals surface area contributed by atoms with Crippen LogP contribution in [-0.2, 0) is 0 Å². The maximum absolute atomic E-state index is 6.70. The van der Waals surface area contributed by atoms with Crippen LogP contribution in [0.2, 0.25) is 36.3 Å². The summed E-state index contributed by atoms with van der Waals surface area (Å²) in [7, 11) is -1.48. The summed E-state index contributed by atoms with van der Waals surface area (Å²) < 4.78 is 0. The van der Waals surface area contributed by atoms with Crippen LogP contribution in [0.5, 0.6) is 0 Å². The van der Waals surface area contributed by atoms with E-state index in [0.29, 0.717) is 0 Å². The van der Waals surface area contributed by atoms with Gasteiger partial charge in [0.05, 0.1) is 0 Å². The molecule has 0 atom stereocenters. The van der Waals surface area contributed by atoms with Crippen molar-refractivity contribution in [2.24, 2.45) is 0 Å². The van der Waals surface area contributed by atoms with Crippen LogP contribution >= 0.6 is 11.1 Å². The monoisotopic (exact) mass is 234 g/mol. The zero-order valence-electron chi connectivity index (χ0n) is 9.11. The van der Waals surface area contributed by atoms with Gasteiger partial charge in [0.2, 0.25) is 0 Å². The summed E-state index contributed by atoms with van der Waals surface area (Å²) in [6, 6.07) is 9.01. The van der Waals surface area contributed by atoms with Crippen molar-refractivity contribution in [3.63, 3.8) is 0 Å². The molecule has 0 unspecified atom stereocenters. The highest BCUT2D eigenvalue weighted by atomic mass is 35.6. The molecular weight excluding hydrogens is 212 g/mol. The average molecular weight is 235 g/mol. The third-order valence-electron chi connectivity index (χ3n) is 3.40. The molecule has 0 saturated carbocycles. The average Bonchev–Trinajstić information content (AvgIpc) is 2.10. The summed E-state index contributed by atoms with van der Waals surface area (Å²) in [5.41, 5.74) is 0. The van der Waals surface area contributed by atoms with Gasteiger partial charge in [-0.3, -0.25) is 0 Å². The number of hydrogen-bond acceptors (Lipinski definition) is 0. The lowest BCUT2D eigenvalue weighted by atomic mass is 10.6. The van der Waals surface area contributed by atoms with Gasteiger partial charge in [0.25, 0.3) is 0 Å². The predicted octanol–water partition coefficient (Wildman–Crippen LogP) is 4.23. The van der Waals surface area contributed by atoms with Crippen LogP contribution in [0.25, 0.3) is 0 Å². The first-order valence-electron chi connectivity index (χ1n) is 5.89. The Balaban J connectivity index is 2.28. The van der Waals surface area contributed by atoms with Crippen LogP contribution in [-0.4, -0.2) is 16.2 Å². The van der Waals surface area contributed by atoms with E-state index < -0.39 is 7.38 Å². The van der Waals surface area contributed by atoms with Gasteiger partial charge in [0.15, 0.2) is 7.38 Å². The first-order valence-corrected chi connectivity index (χ1v) is 12.0. The van der Waals surface area contributed by atoms with Gasteiger partial charge in [-0.1, -0.05) is 44.8 Å². The van der Waals surface area contributed by atoms with Gasteiger partial charge in [0, 0.05) is 8.80 Å². The first-order chi connectivity index (χ1) is 6.20. The zero-order chi connectivity index (χ0) is 9.73. The molecule has 78 valence electrons. The first kappa shape index (κ1) is 11.8. The molecule has 1 fully saturated rings. The molecule has 1 saturated heterocycles. The van der Waals surface area contributed by atoms with Crippen molar-refractivity contribution >= 4 is 27.3 Å². The molecule has 0 nitrogen and oxygen atoms in total. The van der Waals surface area contributed by atoms with Crippen molar-refractivity contribution in [2.75, 3.05) is 0 Å². The Morgan fingerprint density at radius 1 is 1.15 bits per heavy atom. The molecule has 1 aliphatic rings. The maximum atomic E-state index is 6.70. The maximum Gasteiger partial charge on any atom is 0.155 e. The number of rotatable bonds is 4. The summed E-state index contributed by atoms with van der Waals surface area (Å²) >= 11 is 6.70. The molecule has 0 aliphatic carbocycles. The largest absolute Gasteiger partial charge is 0.167 e. The Kier molecular flexibility index (Phi) is 5.05. The molecule has 13 heavy (non-hydrogen) atoms. The molecule has 0 spiro atoms. The standard InChI is InChI=1S/C10H23ClSi2/c1-3-5-12-6-9-13(11,8-4-2)10-7-12/h12H,3-10H2,1-2H3. The van der Waals surface area contributed by atoms with Gasteiger partial charge >= 0.3 is 0 Å².